The van der Waals surface area contributed by atoms with E-state index in [9.17, 15) is 14.7 Å². The van der Waals surface area contributed by atoms with E-state index in [2.05, 4.69) is 15.3 Å². The molecule has 5 N–H and O–H groups in total. The standard InChI is InChI=1S/C13H13ClN4O3/c14-9-2-1-7(3-10(9)15)12(19)18-11(13(20)21)4-8-5-16-6-17-8/h1-3,5-6,11H,4,15H2,(H,16,17)(H,18,19)(H,20,21)/t11-/m0/s1. The number of amides is 1. The Labute approximate surface area is 125 Å². The molecule has 0 aliphatic rings. The molecule has 0 saturated carbocycles. The van der Waals surface area contributed by atoms with Gasteiger partial charge in [0.15, 0.2) is 0 Å². The topological polar surface area (TPSA) is 121 Å². The summed E-state index contributed by atoms with van der Waals surface area (Å²) in [7, 11) is 0. The number of aromatic amines is 1. The average molecular weight is 309 g/mol. The third-order valence-electron chi connectivity index (χ3n) is 2.84. The number of aromatic nitrogens is 2. The van der Waals surface area contributed by atoms with E-state index in [-0.39, 0.29) is 17.7 Å². The smallest absolute Gasteiger partial charge is 0.326 e. The monoisotopic (exact) mass is 308 g/mol. The largest absolute Gasteiger partial charge is 0.480 e. The molecule has 7 nitrogen and oxygen atoms in total. The van der Waals surface area contributed by atoms with Gasteiger partial charge in [0.1, 0.15) is 6.04 Å². The number of carboxylic acids is 1. The van der Waals surface area contributed by atoms with Crippen molar-refractivity contribution < 1.29 is 14.7 Å². The van der Waals surface area contributed by atoms with Gasteiger partial charge in [-0.15, -0.1) is 0 Å². The number of nitrogens with zero attached hydrogens (tertiary/aromatic N) is 1. The highest BCUT2D eigenvalue weighted by Crippen LogP contribution is 2.19. The molecule has 1 aromatic heterocycles. The van der Waals surface area contributed by atoms with Gasteiger partial charge in [-0.2, -0.15) is 0 Å². The normalized spacial score (nSPS) is 11.9. The molecule has 0 saturated heterocycles. The fraction of sp³-hybridized carbons (Fsp3) is 0.154. The molecule has 0 unspecified atom stereocenters. The van der Waals surface area contributed by atoms with Crippen LogP contribution in [0.15, 0.2) is 30.7 Å². The minimum atomic E-state index is -1.14. The number of nitrogen functional groups attached to an aromatic ring is 1. The number of benzene rings is 1. The lowest BCUT2D eigenvalue weighted by Crippen LogP contribution is -2.42. The van der Waals surface area contributed by atoms with Gasteiger partial charge in [-0.05, 0) is 18.2 Å². The Morgan fingerprint density at radius 2 is 2.24 bits per heavy atom. The van der Waals surface area contributed by atoms with Gasteiger partial charge < -0.3 is 21.1 Å². The van der Waals surface area contributed by atoms with Crippen molar-refractivity contribution in [2.75, 3.05) is 5.73 Å². The maximum atomic E-state index is 12.1. The average Bonchev–Trinajstić information content (AvgIpc) is 2.93. The number of aliphatic carboxylic acids is 1. The van der Waals surface area contributed by atoms with Gasteiger partial charge in [0, 0.05) is 23.9 Å². The number of rotatable bonds is 5. The van der Waals surface area contributed by atoms with Crippen molar-refractivity contribution >= 4 is 29.2 Å². The third-order valence-corrected chi connectivity index (χ3v) is 3.18. The predicted octanol–water partition coefficient (Wildman–Crippen LogP) is 1.07. The molecule has 2 rings (SSSR count). The van der Waals surface area contributed by atoms with Gasteiger partial charge in [-0.1, -0.05) is 11.6 Å². The number of hydrogen-bond acceptors (Lipinski definition) is 4. The van der Waals surface area contributed by atoms with Gasteiger partial charge in [-0.3, -0.25) is 4.79 Å². The van der Waals surface area contributed by atoms with Crippen LogP contribution in [0.4, 0.5) is 5.69 Å². The Balaban J connectivity index is 2.10. The van der Waals surface area contributed by atoms with Crippen LogP contribution in [-0.4, -0.2) is 33.0 Å². The minimum Gasteiger partial charge on any atom is -0.480 e. The Hall–Kier alpha value is -2.54. The second-order valence-electron chi connectivity index (χ2n) is 4.38. The van der Waals surface area contributed by atoms with Crippen LogP contribution in [0.3, 0.4) is 0 Å². The molecule has 21 heavy (non-hydrogen) atoms. The zero-order chi connectivity index (χ0) is 15.4. The number of nitrogens with one attached hydrogen (secondary N) is 2. The van der Waals surface area contributed by atoms with Gasteiger partial charge >= 0.3 is 5.97 Å². The summed E-state index contributed by atoms with van der Waals surface area (Å²) in [6.07, 6.45) is 3.04. The second-order valence-corrected chi connectivity index (χ2v) is 4.79. The van der Waals surface area contributed by atoms with E-state index in [4.69, 9.17) is 17.3 Å². The molecule has 0 radical (unpaired) electrons. The Kier molecular flexibility index (Phi) is 4.44. The Morgan fingerprint density at radius 1 is 1.48 bits per heavy atom. The van der Waals surface area contributed by atoms with Crippen LogP contribution >= 0.6 is 11.6 Å². The summed E-state index contributed by atoms with van der Waals surface area (Å²) in [6, 6.07) is 3.28. The summed E-state index contributed by atoms with van der Waals surface area (Å²) < 4.78 is 0. The number of imidazole rings is 1. The number of halogens is 1. The van der Waals surface area contributed by atoms with E-state index in [0.717, 1.165) is 0 Å². The summed E-state index contributed by atoms with van der Waals surface area (Å²) in [5, 5.41) is 11.9. The Bertz CT molecular complexity index is 657. The lowest BCUT2D eigenvalue weighted by atomic mass is 10.1. The number of carbonyl (C=O) groups excluding carboxylic acids is 1. The first-order valence-corrected chi connectivity index (χ1v) is 6.41. The number of hydrogen-bond donors (Lipinski definition) is 4. The minimum absolute atomic E-state index is 0.101. The van der Waals surface area contributed by atoms with E-state index in [1.54, 1.807) is 0 Å². The lowest BCUT2D eigenvalue weighted by Gasteiger charge is -2.14. The quantitative estimate of drug-likeness (QED) is 0.616. The number of carbonyl (C=O) groups is 2. The van der Waals surface area contributed by atoms with Gasteiger partial charge in [0.25, 0.3) is 5.91 Å². The molecular formula is C13H13ClN4O3. The predicted molar refractivity (Wildman–Crippen MR) is 77.0 cm³/mol. The van der Waals surface area contributed by atoms with E-state index < -0.39 is 17.9 Å². The zero-order valence-electron chi connectivity index (χ0n) is 10.8. The maximum Gasteiger partial charge on any atom is 0.326 e. The number of anilines is 1. The summed E-state index contributed by atoms with van der Waals surface area (Å²) in [5.41, 5.74) is 6.72. The molecule has 0 aliphatic heterocycles. The van der Waals surface area contributed by atoms with Gasteiger partial charge in [-0.25, -0.2) is 9.78 Å². The molecular weight excluding hydrogens is 296 g/mol. The second kappa shape index (κ2) is 6.27. The first-order chi connectivity index (χ1) is 9.97. The van der Waals surface area contributed by atoms with Crippen molar-refractivity contribution in [2.24, 2.45) is 0 Å². The maximum absolute atomic E-state index is 12.1. The van der Waals surface area contributed by atoms with Gasteiger partial charge in [0.2, 0.25) is 0 Å². The van der Waals surface area contributed by atoms with Crippen molar-refractivity contribution in [3.63, 3.8) is 0 Å². The third kappa shape index (κ3) is 3.73. The summed E-state index contributed by atoms with van der Waals surface area (Å²) in [4.78, 5) is 29.9. The zero-order valence-corrected chi connectivity index (χ0v) is 11.6. The molecule has 2 aromatic rings. The highest BCUT2D eigenvalue weighted by molar-refractivity contribution is 6.33. The van der Waals surface area contributed by atoms with Crippen LogP contribution in [0.5, 0.6) is 0 Å². The van der Waals surface area contributed by atoms with Crippen molar-refractivity contribution in [2.45, 2.75) is 12.5 Å². The van der Waals surface area contributed by atoms with Crippen molar-refractivity contribution in [3.8, 4) is 0 Å². The van der Waals surface area contributed by atoms with Gasteiger partial charge in [0.05, 0.1) is 17.0 Å². The van der Waals surface area contributed by atoms with Crippen LogP contribution < -0.4 is 11.1 Å². The molecule has 1 amide bonds. The molecule has 1 heterocycles. The van der Waals surface area contributed by atoms with E-state index in [1.165, 1.54) is 30.7 Å². The van der Waals surface area contributed by atoms with Crippen molar-refractivity contribution in [3.05, 3.63) is 47.0 Å². The molecule has 1 atom stereocenters. The fourth-order valence-electron chi connectivity index (χ4n) is 1.74. The van der Waals surface area contributed by atoms with Crippen LogP contribution in [0, 0.1) is 0 Å². The van der Waals surface area contributed by atoms with Crippen LogP contribution in [0.25, 0.3) is 0 Å². The van der Waals surface area contributed by atoms with E-state index >= 15 is 0 Å². The summed E-state index contributed by atoms with van der Waals surface area (Å²) in [6.45, 7) is 0. The highest BCUT2D eigenvalue weighted by atomic mass is 35.5. The molecule has 0 aliphatic carbocycles. The van der Waals surface area contributed by atoms with Crippen LogP contribution in [0.1, 0.15) is 16.1 Å². The lowest BCUT2D eigenvalue weighted by molar-refractivity contribution is -0.139. The fourth-order valence-corrected chi connectivity index (χ4v) is 1.86. The number of carboxylic acid groups (broad SMARTS) is 1. The molecule has 0 fully saturated rings. The molecule has 8 heteroatoms. The van der Waals surface area contributed by atoms with Crippen LogP contribution in [0.2, 0.25) is 5.02 Å². The van der Waals surface area contributed by atoms with Crippen LogP contribution in [-0.2, 0) is 11.2 Å². The first-order valence-electron chi connectivity index (χ1n) is 6.03. The van der Waals surface area contributed by atoms with Crippen molar-refractivity contribution in [1.29, 1.82) is 0 Å². The molecule has 0 bridgehead atoms. The Morgan fingerprint density at radius 3 is 2.81 bits per heavy atom. The highest BCUT2D eigenvalue weighted by Gasteiger charge is 2.22. The number of nitrogens with two attached hydrogens (primary N) is 1. The first kappa shape index (κ1) is 14.9. The van der Waals surface area contributed by atoms with E-state index in [0.29, 0.717) is 10.7 Å². The molecule has 1 aromatic carbocycles. The molecule has 110 valence electrons. The number of H-pyrrole nitrogens is 1. The van der Waals surface area contributed by atoms with E-state index in [1.807, 2.05) is 0 Å². The van der Waals surface area contributed by atoms with Crippen molar-refractivity contribution in [1.82, 2.24) is 15.3 Å². The summed E-state index contributed by atoms with van der Waals surface area (Å²) in [5.74, 6) is -1.68. The SMILES string of the molecule is Nc1cc(C(=O)N[C@@H](Cc2cnc[nH]2)C(=O)O)ccc1Cl. The molecule has 0 spiro atoms. The summed E-state index contributed by atoms with van der Waals surface area (Å²) >= 11 is 5.77.